The second-order valence-corrected chi connectivity index (χ2v) is 7.55. The van der Waals surface area contributed by atoms with Gasteiger partial charge in [0.15, 0.2) is 10.9 Å². The minimum absolute atomic E-state index is 0.220. The van der Waals surface area contributed by atoms with Gasteiger partial charge >= 0.3 is 0 Å². The summed E-state index contributed by atoms with van der Waals surface area (Å²) in [5.41, 5.74) is 2.17. The van der Waals surface area contributed by atoms with E-state index in [0.717, 1.165) is 31.7 Å². The zero-order valence-corrected chi connectivity index (χ0v) is 16.2. The lowest BCUT2D eigenvalue weighted by atomic mass is 10.2. The van der Waals surface area contributed by atoms with Crippen molar-refractivity contribution >= 4 is 34.0 Å². The SMILES string of the molecule is CCN1CCc2nc(NC(=O)c3ccc(NC(=O)c4ccco4)cc3)sc2C1. The highest BCUT2D eigenvalue weighted by Gasteiger charge is 2.20. The molecule has 144 valence electrons. The van der Waals surface area contributed by atoms with Crippen molar-refractivity contribution in [2.24, 2.45) is 0 Å². The van der Waals surface area contributed by atoms with Crippen LogP contribution in [-0.2, 0) is 13.0 Å². The lowest BCUT2D eigenvalue weighted by Crippen LogP contribution is -2.29. The molecule has 1 aliphatic heterocycles. The number of hydrogen-bond acceptors (Lipinski definition) is 6. The van der Waals surface area contributed by atoms with Gasteiger partial charge in [-0.2, -0.15) is 0 Å². The Bertz CT molecular complexity index is 980. The number of fused-ring (bicyclic) bond motifs is 1. The Morgan fingerprint density at radius 3 is 2.71 bits per heavy atom. The topological polar surface area (TPSA) is 87.5 Å². The van der Waals surface area contributed by atoms with Crippen LogP contribution in [-0.4, -0.2) is 34.8 Å². The van der Waals surface area contributed by atoms with Gasteiger partial charge in [-0.05, 0) is 42.9 Å². The molecule has 0 aliphatic carbocycles. The maximum absolute atomic E-state index is 12.5. The minimum Gasteiger partial charge on any atom is -0.459 e. The lowest BCUT2D eigenvalue weighted by molar-refractivity contribution is 0.0995. The van der Waals surface area contributed by atoms with Crippen molar-refractivity contribution in [3.63, 3.8) is 0 Å². The standard InChI is InChI=1S/C20H20N4O3S/c1-2-24-10-9-15-17(12-24)28-20(22-15)23-18(25)13-5-7-14(8-6-13)21-19(26)16-4-3-11-27-16/h3-8,11H,2,9-10,12H2,1H3,(H,21,26)(H,22,23,25). The van der Waals surface area contributed by atoms with Crippen molar-refractivity contribution in [3.8, 4) is 0 Å². The molecule has 4 rings (SSSR count). The number of aromatic nitrogens is 1. The molecule has 8 heteroatoms. The number of carbonyl (C=O) groups excluding carboxylic acids is 2. The summed E-state index contributed by atoms with van der Waals surface area (Å²) in [6, 6.07) is 9.94. The zero-order valence-electron chi connectivity index (χ0n) is 15.4. The number of hydrogen-bond donors (Lipinski definition) is 2. The van der Waals surface area contributed by atoms with Crippen LogP contribution in [0.1, 0.15) is 38.4 Å². The Kier molecular flexibility index (Phi) is 5.23. The molecule has 7 nitrogen and oxygen atoms in total. The second-order valence-electron chi connectivity index (χ2n) is 6.47. The molecule has 3 heterocycles. The number of anilines is 2. The van der Waals surface area contributed by atoms with Crippen molar-refractivity contribution in [3.05, 3.63) is 64.6 Å². The summed E-state index contributed by atoms with van der Waals surface area (Å²) in [6.07, 6.45) is 2.36. The van der Waals surface area contributed by atoms with Gasteiger partial charge in [-0.15, -0.1) is 11.3 Å². The normalized spacial score (nSPS) is 13.8. The molecule has 2 N–H and O–H groups in total. The summed E-state index contributed by atoms with van der Waals surface area (Å²) >= 11 is 1.54. The van der Waals surface area contributed by atoms with Gasteiger partial charge in [-0.25, -0.2) is 4.98 Å². The molecule has 0 spiro atoms. The number of nitrogens with zero attached hydrogens (tertiary/aromatic N) is 2. The molecule has 1 aromatic carbocycles. The van der Waals surface area contributed by atoms with Crippen LogP contribution in [0.25, 0.3) is 0 Å². The Balaban J connectivity index is 1.39. The van der Waals surface area contributed by atoms with Gasteiger partial charge in [0.1, 0.15) is 0 Å². The van der Waals surface area contributed by atoms with Gasteiger partial charge < -0.3 is 9.73 Å². The van der Waals surface area contributed by atoms with E-state index >= 15 is 0 Å². The van der Waals surface area contributed by atoms with E-state index in [9.17, 15) is 9.59 Å². The molecule has 0 unspecified atom stereocenters. The van der Waals surface area contributed by atoms with Gasteiger partial charge in [-0.1, -0.05) is 6.92 Å². The zero-order chi connectivity index (χ0) is 19.5. The smallest absolute Gasteiger partial charge is 0.291 e. The summed E-state index contributed by atoms with van der Waals surface area (Å²) in [7, 11) is 0. The van der Waals surface area contributed by atoms with E-state index in [4.69, 9.17) is 4.42 Å². The van der Waals surface area contributed by atoms with Crippen molar-refractivity contribution in [1.82, 2.24) is 9.88 Å². The third kappa shape index (κ3) is 3.97. The monoisotopic (exact) mass is 396 g/mol. The number of likely N-dealkylation sites (N-methyl/N-ethyl adjacent to an activating group) is 1. The Hall–Kier alpha value is -2.97. The predicted octanol–water partition coefficient (Wildman–Crippen LogP) is 3.62. The fourth-order valence-corrected chi connectivity index (χ4v) is 4.09. The largest absolute Gasteiger partial charge is 0.459 e. The third-order valence-electron chi connectivity index (χ3n) is 4.63. The lowest BCUT2D eigenvalue weighted by Gasteiger charge is -2.23. The number of nitrogens with one attached hydrogen (secondary N) is 2. The van der Waals surface area contributed by atoms with Crippen LogP contribution in [0.15, 0.2) is 47.1 Å². The molecule has 0 bridgehead atoms. The quantitative estimate of drug-likeness (QED) is 0.688. The van der Waals surface area contributed by atoms with E-state index in [1.54, 1.807) is 36.4 Å². The number of furan rings is 1. The van der Waals surface area contributed by atoms with Crippen LogP contribution >= 0.6 is 11.3 Å². The highest BCUT2D eigenvalue weighted by molar-refractivity contribution is 7.15. The summed E-state index contributed by atoms with van der Waals surface area (Å²) in [4.78, 5) is 32.6. The number of rotatable bonds is 5. The Morgan fingerprint density at radius 2 is 2.00 bits per heavy atom. The number of thiazole rings is 1. The van der Waals surface area contributed by atoms with E-state index in [-0.39, 0.29) is 17.6 Å². The van der Waals surface area contributed by atoms with Crippen molar-refractivity contribution in [2.75, 3.05) is 23.7 Å². The average molecular weight is 396 g/mol. The first-order chi connectivity index (χ1) is 13.6. The first-order valence-corrected chi connectivity index (χ1v) is 9.91. The maximum Gasteiger partial charge on any atom is 0.291 e. The van der Waals surface area contributed by atoms with E-state index in [2.05, 4.69) is 27.4 Å². The summed E-state index contributed by atoms with van der Waals surface area (Å²) in [6.45, 7) is 5.06. The number of carbonyl (C=O) groups is 2. The van der Waals surface area contributed by atoms with E-state index in [1.807, 2.05) is 0 Å². The summed E-state index contributed by atoms with van der Waals surface area (Å²) in [5.74, 6) is -0.324. The maximum atomic E-state index is 12.5. The van der Waals surface area contributed by atoms with Gasteiger partial charge in [-0.3, -0.25) is 19.8 Å². The molecule has 2 amide bonds. The molecule has 0 saturated heterocycles. The minimum atomic E-state index is -0.336. The van der Waals surface area contributed by atoms with E-state index in [1.165, 1.54) is 22.5 Å². The van der Waals surface area contributed by atoms with Crippen LogP contribution in [0.2, 0.25) is 0 Å². The second kappa shape index (κ2) is 7.95. The third-order valence-corrected chi connectivity index (χ3v) is 5.63. The number of amides is 2. The van der Waals surface area contributed by atoms with Crippen molar-refractivity contribution in [1.29, 1.82) is 0 Å². The number of benzene rings is 1. The molecular weight excluding hydrogens is 376 g/mol. The molecule has 3 aromatic rings. The fraction of sp³-hybridized carbons (Fsp3) is 0.250. The van der Waals surface area contributed by atoms with Crippen LogP contribution in [0.4, 0.5) is 10.8 Å². The highest BCUT2D eigenvalue weighted by atomic mass is 32.1. The molecule has 28 heavy (non-hydrogen) atoms. The van der Waals surface area contributed by atoms with Crippen LogP contribution < -0.4 is 10.6 Å². The molecule has 0 fully saturated rings. The Morgan fingerprint density at radius 1 is 1.18 bits per heavy atom. The molecule has 1 aliphatic rings. The van der Waals surface area contributed by atoms with Crippen LogP contribution in [0, 0.1) is 0 Å². The van der Waals surface area contributed by atoms with Gasteiger partial charge in [0, 0.05) is 35.6 Å². The summed E-state index contributed by atoms with van der Waals surface area (Å²) < 4.78 is 5.06. The molecule has 0 atom stereocenters. The van der Waals surface area contributed by atoms with E-state index in [0.29, 0.717) is 16.4 Å². The van der Waals surface area contributed by atoms with Crippen LogP contribution in [0.5, 0.6) is 0 Å². The van der Waals surface area contributed by atoms with Gasteiger partial charge in [0.2, 0.25) is 0 Å². The van der Waals surface area contributed by atoms with Crippen LogP contribution in [0.3, 0.4) is 0 Å². The molecule has 0 saturated carbocycles. The fourth-order valence-electron chi connectivity index (χ4n) is 3.05. The predicted molar refractivity (Wildman–Crippen MR) is 108 cm³/mol. The molecule has 2 aromatic heterocycles. The first-order valence-electron chi connectivity index (χ1n) is 9.09. The Labute approximate surface area is 166 Å². The molecule has 0 radical (unpaired) electrons. The van der Waals surface area contributed by atoms with Crippen molar-refractivity contribution in [2.45, 2.75) is 19.9 Å². The molecular formula is C20H20N4O3S. The summed E-state index contributed by atoms with van der Waals surface area (Å²) in [5, 5.41) is 6.23. The van der Waals surface area contributed by atoms with Gasteiger partial charge in [0.25, 0.3) is 11.8 Å². The highest BCUT2D eigenvalue weighted by Crippen LogP contribution is 2.28. The first kappa shape index (κ1) is 18.4. The van der Waals surface area contributed by atoms with Crippen molar-refractivity contribution < 1.29 is 14.0 Å². The van der Waals surface area contributed by atoms with E-state index < -0.39 is 0 Å². The van der Waals surface area contributed by atoms with Gasteiger partial charge in [0.05, 0.1) is 12.0 Å². The average Bonchev–Trinajstić information content (AvgIpc) is 3.37.